The van der Waals surface area contributed by atoms with Crippen molar-refractivity contribution in [3.63, 3.8) is 0 Å². The number of piperidine rings is 1. The lowest BCUT2D eigenvalue weighted by Crippen LogP contribution is -2.41. The molecule has 5 heteroatoms. The predicted octanol–water partition coefficient (Wildman–Crippen LogP) is 2.20. The fourth-order valence-electron chi connectivity index (χ4n) is 2.58. The molecule has 0 radical (unpaired) electrons. The molecule has 1 heterocycles. The highest BCUT2D eigenvalue weighted by Gasteiger charge is 2.22. The Balaban J connectivity index is 1.79. The second-order valence-corrected chi connectivity index (χ2v) is 5.06. The molecular weight excluding hydrogens is 242 g/mol. The van der Waals surface area contributed by atoms with Gasteiger partial charge in [-0.3, -0.25) is 15.5 Å². The van der Waals surface area contributed by atoms with Gasteiger partial charge in [0.05, 0.1) is 0 Å². The van der Waals surface area contributed by atoms with Gasteiger partial charge in [-0.15, -0.1) is 0 Å². The Bertz CT molecular complexity index is 439. The molecule has 1 fully saturated rings. The summed E-state index contributed by atoms with van der Waals surface area (Å²) in [6, 6.07) is 10.4. The van der Waals surface area contributed by atoms with Crippen LogP contribution in [0.2, 0.25) is 0 Å². The van der Waals surface area contributed by atoms with Crippen molar-refractivity contribution in [1.82, 2.24) is 4.90 Å². The van der Waals surface area contributed by atoms with Crippen molar-refractivity contribution in [2.45, 2.75) is 19.3 Å². The van der Waals surface area contributed by atoms with E-state index in [0.717, 1.165) is 32.4 Å². The molecule has 1 aliphatic heterocycles. The first-order valence-electron chi connectivity index (χ1n) is 6.63. The zero-order chi connectivity index (χ0) is 13.7. The number of hydrogen-bond acceptors (Lipinski definition) is 3. The highest BCUT2D eigenvalue weighted by Crippen LogP contribution is 2.21. The lowest BCUT2D eigenvalue weighted by molar-refractivity contribution is -0.464. The number of benzene rings is 1. The molecule has 1 aromatic carbocycles. The van der Waals surface area contributed by atoms with E-state index in [1.54, 1.807) is 0 Å². The number of nitrogens with zero attached hydrogens (tertiary/aromatic N) is 2. The normalized spacial score (nSPS) is 16.3. The maximum atomic E-state index is 10.4. The largest absolute Gasteiger partial charge is 0.355 e. The Kier molecular flexibility index (Phi) is 4.49. The number of rotatable bonds is 4. The molecule has 2 rings (SSSR count). The van der Waals surface area contributed by atoms with Gasteiger partial charge in [0, 0.05) is 18.0 Å². The maximum absolute atomic E-state index is 10.4. The first-order valence-corrected chi connectivity index (χ1v) is 6.63. The smallest absolute Gasteiger partial charge is 0.259 e. The van der Waals surface area contributed by atoms with Crippen molar-refractivity contribution in [2.24, 2.45) is 5.92 Å². The highest BCUT2D eigenvalue weighted by atomic mass is 16.6. The Hall–Kier alpha value is -1.91. The van der Waals surface area contributed by atoms with Crippen molar-refractivity contribution in [1.29, 1.82) is 5.41 Å². The number of amidine groups is 1. The van der Waals surface area contributed by atoms with Crippen LogP contribution in [0.1, 0.15) is 18.4 Å². The first-order chi connectivity index (χ1) is 9.15. The Labute approximate surface area is 112 Å². The van der Waals surface area contributed by atoms with Crippen molar-refractivity contribution in [2.75, 3.05) is 19.6 Å². The van der Waals surface area contributed by atoms with Gasteiger partial charge in [0.15, 0.2) is 5.84 Å². The van der Waals surface area contributed by atoms with E-state index in [-0.39, 0.29) is 12.4 Å². The van der Waals surface area contributed by atoms with Gasteiger partial charge >= 0.3 is 0 Å². The van der Waals surface area contributed by atoms with E-state index < -0.39 is 4.92 Å². The standard InChI is InChI=1S/C14H19N3O2/c15-14(11-17(18)19)16-8-6-13(7-9-16)10-12-4-2-1-3-5-12/h1-5,13,15H,6-11H2. The molecule has 1 saturated heterocycles. The fourth-order valence-corrected chi connectivity index (χ4v) is 2.58. The second kappa shape index (κ2) is 6.31. The molecule has 19 heavy (non-hydrogen) atoms. The van der Waals surface area contributed by atoms with Crippen LogP contribution in [0.25, 0.3) is 0 Å². The number of nitrogens with one attached hydrogen (secondary N) is 1. The number of nitro groups is 1. The third kappa shape index (κ3) is 4.05. The van der Waals surface area contributed by atoms with Crippen LogP contribution in [0.15, 0.2) is 30.3 Å². The number of hydrogen-bond donors (Lipinski definition) is 1. The molecule has 0 aromatic heterocycles. The predicted molar refractivity (Wildman–Crippen MR) is 74.0 cm³/mol. The van der Waals surface area contributed by atoms with Gasteiger partial charge in [-0.25, -0.2) is 0 Å². The Morgan fingerprint density at radius 2 is 1.95 bits per heavy atom. The molecule has 1 aliphatic rings. The van der Waals surface area contributed by atoms with Gasteiger partial charge in [-0.1, -0.05) is 30.3 Å². The van der Waals surface area contributed by atoms with Gasteiger partial charge in [-0.2, -0.15) is 0 Å². The highest BCUT2D eigenvalue weighted by molar-refractivity contribution is 5.80. The van der Waals surface area contributed by atoms with Crippen molar-refractivity contribution < 1.29 is 4.92 Å². The zero-order valence-electron chi connectivity index (χ0n) is 10.9. The quantitative estimate of drug-likeness (QED) is 0.391. The average molecular weight is 261 g/mol. The van der Waals surface area contributed by atoms with Crippen LogP contribution in [0.5, 0.6) is 0 Å². The van der Waals surface area contributed by atoms with Crippen LogP contribution in [0.4, 0.5) is 0 Å². The van der Waals surface area contributed by atoms with Gasteiger partial charge in [0.25, 0.3) is 6.54 Å². The zero-order valence-corrected chi connectivity index (χ0v) is 10.9. The summed E-state index contributed by atoms with van der Waals surface area (Å²) in [5.41, 5.74) is 1.35. The topological polar surface area (TPSA) is 70.2 Å². The summed E-state index contributed by atoms with van der Waals surface area (Å²) < 4.78 is 0. The molecule has 5 nitrogen and oxygen atoms in total. The van der Waals surface area contributed by atoms with Gasteiger partial charge < -0.3 is 4.90 Å². The van der Waals surface area contributed by atoms with E-state index in [9.17, 15) is 10.1 Å². The molecule has 1 aromatic rings. The summed E-state index contributed by atoms with van der Waals surface area (Å²) in [4.78, 5) is 11.8. The van der Waals surface area contributed by atoms with E-state index in [4.69, 9.17) is 5.41 Å². The van der Waals surface area contributed by atoms with Gasteiger partial charge in [-0.05, 0) is 30.7 Å². The third-order valence-electron chi connectivity index (χ3n) is 3.64. The van der Waals surface area contributed by atoms with E-state index in [0.29, 0.717) is 5.92 Å². The van der Waals surface area contributed by atoms with Crippen LogP contribution in [-0.4, -0.2) is 35.3 Å². The molecule has 0 atom stereocenters. The van der Waals surface area contributed by atoms with Crippen LogP contribution in [-0.2, 0) is 6.42 Å². The summed E-state index contributed by atoms with van der Waals surface area (Å²) in [6.45, 7) is 1.18. The van der Waals surface area contributed by atoms with Gasteiger partial charge in [0.2, 0.25) is 0 Å². The maximum Gasteiger partial charge on any atom is 0.259 e. The van der Waals surface area contributed by atoms with Crippen LogP contribution < -0.4 is 0 Å². The minimum atomic E-state index is -0.432. The van der Waals surface area contributed by atoms with Crippen molar-refractivity contribution >= 4 is 5.84 Å². The molecular formula is C14H19N3O2. The van der Waals surface area contributed by atoms with E-state index in [1.165, 1.54) is 5.56 Å². The molecule has 0 aliphatic carbocycles. The average Bonchev–Trinajstić information content (AvgIpc) is 2.40. The van der Waals surface area contributed by atoms with E-state index >= 15 is 0 Å². The van der Waals surface area contributed by atoms with Crippen LogP contribution >= 0.6 is 0 Å². The minimum absolute atomic E-state index is 0.142. The van der Waals surface area contributed by atoms with E-state index in [1.807, 2.05) is 11.0 Å². The SMILES string of the molecule is N=C(C[N+](=O)[O-])N1CCC(Cc2ccccc2)CC1. The van der Waals surface area contributed by atoms with Crippen LogP contribution in [0.3, 0.4) is 0 Å². The summed E-state index contributed by atoms with van der Waals surface area (Å²) in [7, 11) is 0. The second-order valence-electron chi connectivity index (χ2n) is 5.06. The summed E-state index contributed by atoms with van der Waals surface area (Å²) in [5, 5.41) is 18.1. The van der Waals surface area contributed by atoms with Crippen molar-refractivity contribution in [3.05, 3.63) is 46.0 Å². The first kappa shape index (κ1) is 13.5. The summed E-state index contributed by atoms with van der Waals surface area (Å²) >= 11 is 0. The molecule has 1 N–H and O–H groups in total. The number of likely N-dealkylation sites (tertiary alicyclic amines) is 1. The molecule has 0 amide bonds. The fraction of sp³-hybridized carbons (Fsp3) is 0.500. The monoisotopic (exact) mass is 261 g/mol. The molecule has 0 saturated carbocycles. The molecule has 0 bridgehead atoms. The van der Waals surface area contributed by atoms with E-state index in [2.05, 4.69) is 24.3 Å². The summed E-state index contributed by atoms with van der Waals surface area (Å²) in [5.74, 6) is 0.769. The Morgan fingerprint density at radius 1 is 1.32 bits per heavy atom. The van der Waals surface area contributed by atoms with Gasteiger partial charge in [0.1, 0.15) is 0 Å². The lowest BCUT2D eigenvalue weighted by Gasteiger charge is -2.32. The summed E-state index contributed by atoms with van der Waals surface area (Å²) in [6.07, 6.45) is 3.08. The lowest BCUT2D eigenvalue weighted by atomic mass is 9.90. The molecule has 0 spiro atoms. The minimum Gasteiger partial charge on any atom is -0.355 e. The molecule has 0 unspecified atom stereocenters. The van der Waals surface area contributed by atoms with Crippen LogP contribution in [0, 0.1) is 21.4 Å². The third-order valence-corrected chi connectivity index (χ3v) is 3.64. The Morgan fingerprint density at radius 3 is 2.53 bits per heavy atom. The molecule has 102 valence electrons. The van der Waals surface area contributed by atoms with Crippen molar-refractivity contribution in [3.8, 4) is 0 Å².